The summed E-state index contributed by atoms with van der Waals surface area (Å²) in [5, 5.41) is 7.86. The minimum atomic E-state index is -0.462. The van der Waals surface area contributed by atoms with Crippen molar-refractivity contribution in [2.75, 3.05) is 6.16 Å². The predicted molar refractivity (Wildman–Crippen MR) is 137 cm³/mol. The normalized spacial score (nSPS) is 11.0. The van der Waals surface area contributed by atoms with Crippen molar-refractivity contribution in [2.24, 2.45) is 0 Å². The van der Waals surface area contributed by atoms with Gasteiger partial charge in [-0.2, -0.15) is 5.10 Å². The van der Waals surface area contributed by atoms with E-state index in [1.807, 2.05) is 6.07 Å². The first kappa shape index (κ1) is 20.4. The second-order valence-corrected chi connectivity index (χ2v) is 10.0. The van der Waals surface area contributed by atoms with Crippen LogP contribution in [0.3, 0.4) is 0 Å². The van der Waals surface area contributed by atoms with Gasteiger partial charge in [0.2, 0.25) is 0 Å². The summed E-state index contributed by atoms with van der Waals surface area (Å²) >= 11 is 0. The van der Waals surface area contributed by atoms with Crippen LogP contribution < -0.4 is 10.6 Å². The van der Waals surface area contributed by atoms with Crippen LogP contribution in [0.1, 0.15) is 0 Å². The van der Waals surface area contributed by atoms with Crippen LogP contribution in [0.5, 0.6) is 0 Å². The zero-order valence-corrected chi connectivity index (χ0v) is 18.8. The minimum absolute atomic E-state index is 0.462. The molecule has 5 aromatic rings. The van der Waals surface area contributed by atoms with Crippen molar-refractivity contribution in [3.05, 3.63) is 127 Å². The lowest BCUT2D eigenvalue weighted by molar-refractivity contribution is 0.675. The van der Waals surface area contributed by atoms with Crippen molar-refractivity contribution in [1.82, 2.24) is 9.78 Å². The number of hydrogen-bond donors (Lipinski definition) is 0. The van der Waals surface area contributed by atoms with Crippen LogP contribution in [0.15, 0.2) is 127 Å². The zero-order chi connectivity index (χ0) is 21.6. The summed E-state index contributed by atoms with van der Waals surface area (Å²) in [6.45, 7) is 0.868. The standard InChI is InChI=1S/C29H25N2P/c1-5-13-24(14-6-1)28-23-29(25-15-7-2-8-16-25)31(30-28)21-22-32(26-17-9-3-10-18-26)27-19-11-4-12-20-27/h1-20,23H,21-22H2. The number of benzene rings is 4. The fourth-order valence-electron chi connectivity index (χ4n) is 4.00. The molecule has 0 aliphatic heterocycles. The Morgan fingerprint density at radius 1 is 0.562 bits per heavy atom. The van der Waals surface area contributed by atoms with Crippen molar-refractivity contribution in [3.8, 4) is 22.5 Å². The number of rotatable bonds is 7. The molecule has 1 aromatic heterocycles. The van der Waals surface area contributed by atoms with Crippen LogP contribution in [0, 0.1) is 0 Å². The summed E-state index contributed by atoms with van der Waals surface area (Å²) in [4.78, 5) is 0. The molecule has 0 saturated carbocycles. The van der Waals surface area contributed by atoms with Gasteiger partial charge in [0.15, 0.2) is 0 Å². The number of hydrogen-bond acceptors (Lipinski definition) is 1. The van der Waals surface area contributed by atoms with Gasteiger partial charge in [-0.1, -0.05) is 121 Å². The Kier molecular flexibility index (Phi) is 6.23. The van der Waals surface area contributed by atoms with E-state index in [0.29, 0.717) is 0 Å². The summed E-state index contributed by atoms with van der Waals surface area (Å²) in [7, 11) is -0.462. The summed E-state index contributed by atoms with van der Waals surface area (Å²) in [6.07, 6.45) is 1.04. The van der Waals surface area contributed by atoms with Gasteiger partial charge in [0.25, 0.3) is 0 Å². The molecule has 0 fully saturated rings. The van der Waals surface area contributed by atoms with Crippen LogP contribution >= 0.6 is 7.92 Å². The summed E-state index contributed by atoms with van der Waals surface area (Å²) in [5.41, 5.74) is 4.54. The Morgan fingerprint density at radius 3 is 1.56 bits per heavy atom. The van der Waals surface area contributed by atoms with Crippen molar-refractivity contribution in [1.29, 1.82) is 0 Å². The van der Waals surface area contributed by atoms with Gasteiger partial charge >= 0.3 is 0 Å². The average Bonchev–Trinajstić information content (AvgIpc) is 3.31. The molecular weight excluding hydrogens is 407 g/mol. The van der Waals surface area contributed by atoms with Crippen LogP contribution in [-0.4, -0.2) is 15.9 Å². The smallest absolute Gasteiger partial charge is 0.0929 e. The topological polar surface area (TPSA) is 17.8 Å². The first-order valence-corrected chi connectivity index (χ1v) is 12.5. The Morgan fingerprint density at radius 2 is 1.03 bits per heavy atom. The summed E-state index contributed by atoms with van der Waals surface area (Å²) < 4.78 is 2.19. The van der Waals surface area contributed by atoms with Crippen LogP contribution in [-0.2, 0) is 6.54 Å². The first-order chi connectivity index (χ1) is 15.9. The molecule has 5 rings (SSSR count). The molecule has 156 valence electrons. The van der Waals surface area contributed by atoms with Crippen LogP contribution in [0.4, 0.5) is 0 Å². The van der Waals surface area contributed by atoms with Crippen molar-refractivity contribution in [2.45, 2.75) is 6.54 Å². The molecule has 0 saturated heterocycles. The lowest BCUT2D eigenvalue weighted by Gasteiger charge is -2.19. The van der Waals surface area contributed by atoms with E-state index in [2.05, 4.69) is 126 Å². The van der Waals surface area contributed by atoms with E-state index in [0.717, 1.165) is 24.0 Å². The maximum Gasteiger partial charge on any atom is 0.0929 e. The Balaban J connectivity index is 1.50. The van der Waals surface area contributed by atoms with Gasteiger partial charge in [0.1, 0.15) is 0 Å². The molecule has 0 amide bonds. The van der Waals surface area contributed by atoms with Crippen molar-refractivity contribution in [3.63, 3.8) is 0 Å². The highest BCUT2D eigenvalue weighted by Crippen LogP contribution is 2.34. The molecule has 0 aliphatic carbocycles. The first-order valence-electron chi connectivity index (χ1n) is 10.9. The quantitative estimate of drug-likeness (QED) is 0.274. The van der Waals surface area contributed by atoms with Gasteiger partial charge in [0.05, 0.1) is 11.4 Å². The Labute approximate surface area is 190 Å². The van der Waals surface area contributed by atoms with Crippen molar-refractivity contribution < 1.29 is 0 Å². The number of aryl methyl sites for hydroxylation is 1. The fraction of sp³-hybridized carbons (Fsp3) is 0.0690. The molecule has 0 radical (unpaired) electrons. The monoisotopic (exact) mass is 432 g/mol. The molecule has 0 spiro atoms. The molecule has 0 atom stereocenters. The molecule has 3 heteroatoms. The Bertz CT molecular complexity index is 1210. The van der Waals surface area contributed by atoms with Gasteiger partial charge in [0, 0.05) is 12.1 Å². The third kappa shape index (κ3) is 4.56. The zero-order valence-electron chi connectivity index (χ0n) is 17.9. The molecule has 0 unspecified atom stereocenters. The number of aromatic nitrogens is 2. The van der Waals surface area contributed by atoms with E-state index in [9.17, 15) is 0 Å². The summed E-state index contributed by atoms with van der Waals surface area (Å²) in [5.74, 6) is 0. The summed E-state index contributed by atoms with van der Waals surface area (Å²) in [6, 6.07) is 45.0. The highest BCUT2D eigenvalue weighted by Gasteiger charge is 2.16. The largest absolute Gasteiger partial charge is 0.264 e. The van der Waals surface area contributed by atoms with Crippen LogP contribution in [0.25, 0.3) is 22.5 Å². The average molecular weight is 433 g/mol. The van der Waals surface area contributed by atoms with E-state index in [1.54, 1.807) is 0 Å². The lowest BCUT2D eigenvalue weighted by atomic mass is 10.1. The van der Waals surface area contributed by atoms with Gasteiger partial charge in [-0.3, -0.25) is 4.68 Å². The Hall–Kier alpha value is -3.48. The highest BCUT2D eigenvalue weighted by molar-refractivity contribution is 7.73. The van der Waals surface area contributed by atoms with Crippen molar-refractivity contribution >= 4 is 18.5 Å². The molecule has 0 bridgehead atoms. The van der Waals surface area contributed by atoms with E-state index < -0.39 is 7.92 Å². The maximum atomic E-state index is 5.04. The molecule has 0 N–H and O–H groups in total. The molecule has 1 heterocycles. The maximum absolute atomic E-state index is 5.04. The second-order valence-electron chi connectivity index (χ2n) is 7.69. The highest BCUT2D eigenvalue weighted by atomic mass is 31.1. The van der Waals surface area contributed by atoms with E-state index in [4.69, 9.17) is 5.10 Å². The van der Waals surface area contributed by atoms with Gasteiger partial charge in [-0.15, -0.1) is 0 Å². The SMILES string of the molecule is c1ccc(-c2cc(-c3ccccc3)n(CCP(c3ccccc3)c3ccccc3)n2)cc1. The van der Waals surface area contributed by atoms with Gasteiger partial charge < -0.3 is 0 Å². The fourth-order valence-corrected chi connectivity index (χ4v) is 6.26. The minimum Gasteiger partial charge on any atom is -0.264 e. The third-order valence-electron chi connectivity index (χ3n) is 5.59. The molecule has 4 aromatic carbocycles. The molecular formula is C29H25N2P. The van der Waals surface area contributed by atoms with E-state index >= 15 is 0 Å². The van der Waals surface area contributed by atoms with Gasteiger partial charge in [-0.25, -0.2) is 0 Å². The molecule has 0 aliphatic rings. The third-order valence-corrected chi connectivity index (χ3v) is 8.08. The molecule has 2 nitrogen and oxygen atoms in total. The predicted octanol–water partition coefficient (Wildman–Crippen LogP) is 6.35. The number of nitrogens with zero attached hydrogens (tertiary/aromatic N) is 2. The van der Waals surface area contributed by atoms with Gasteiger partial charge in [-0.05, 0) is 36.3 Å². The van der Waals surface area contributed by atoms with Crippen LogP contribution in [0.2, 0.25) is 0 Å². The lowest BCUT2D eigenvalue weighted by Crippen LogP contribution is -2.17. The van der Waals surface area contributed by atoms with E-state index in [1.165, 1.54) is 21.9 Å². The molecule has 32 heavy (non-hydrogen) atoms. The van der Waals surface area contributed by atoms with E-state index in [-0.39, 0.29) is 0 Å². The second kappa shape index (κ2) is 9.77.